The molecule has 29 heavy (non-hydrogen) atoms. The van der Waals surface area contributed by atoms with Crippen LogP contribution in [0.2, 0.25) is 0 Å². The van der Waals surface area contributed by atoms with Crippen molar-refractivity contribution in [3.8, 4) is 17.1 Å². The molecule has 0 spiro atoms. The number of rotatable bonds is 3. The molecule has 7 heteroatoms. The fourth-order valence-electron chi connectivity index (χ4n) is 4.39. The summed E-state index contributed by atoms with van der Waals surface area (Å²) in [7, 11) is 0. The highest BCUT2D eigenvalue weighted by molar-refractivity contribution is 8.00. The molecule has 150 valence electrons. The number of ketones is 1. The van der Waals surface area contributed by atoms with Crippen LogP contribution in [-0.4, -0.2) is 30.4 Å². The zero-order valence-electron chi connectivity index (χ0n) is 16.3. The van der Waals surface area contributed by atoms with Crippen molar-refractivity contribution in [3.05, 3.63) is 46.4 Å². The number of para-hydroxylation sites is 1. The van der Waals surface area contributed by atoms with Gasteiger partial charge in [0.1, 0.15) is 11.3 Å². The van der Waals surface area contributed by atoms with Crippen molar-refractivity contribution in [1.29, 1.82) is 0 Å². The molecule has 1 aliphatic carbocycles. The molecule has 1 atom stereocenters. The van der Waals surface area contributed by atoms with Gasteiger partial charge in [-0.05, 0) is 44.2 Å². The summed E-state index contributed by atoms with van der Waals surface area (Å²) in [5, 5.41) is 5.38. The molecule has 0 amide bonds. The van der Waals surface area contributed by atoms with Crippen LogP contribution < -0.4 is 5.56 Å². The van der Waals surface area contributed by atoms with E-state index in [1.54, 1.807) is 11.8 Å². The zero-order valence-corrected chi connectivity index (χ0v) is 17.2. The van der Waals surface area contributed by atoms with Gasteiger partial charge in [-0.3, -0.25) is 9.59 Å². The molecule has 0 N–H and O–H groups in total. The van der Waals surface area contributed by atoms with E-state index in [2.05, 4.69) is 9.67 Å². The average Bonchev–Trinajstić information content (AvgIpc) is 2.91. The van der Waals surface area contributed by atoms with E-state index in [1.807, 2.05) is 30.3 Å². The van der Waals surface area contributed by atoms with Gasteiger partial charge in [-0.15, -0.1) is 5.10 Å². The third-order valence-corrected chi connectivity index (χ3v) is 7.22. The van der Waals surface area contributed by atoms with E-state index in [9.17, 15) is 9.59 Å². The lowest BCUT2D eigenvalue weighted by molar-refractivity contribution is -0.119. The van der Waals surface area contributed by atoms with Gasteiger partial charge in [-0.1, -0.05) is 42.8 Å². The number of hydrogen-bond acceptors (Lipinski definition) is 5. The Morgan fingerprint density at radius 2 is 1.79 bits per heavy atom. The van der Waals surface area contributed by atoms with Crippen LogP contribution in [0.15, 0.2) is 40.3 Å². The number of benzene rings is 1. The average molecular weight is 409 g/mol. The Kier molecular flexibility index (Phi) is 4.99. The standard InChI is InChI=1S/C22H24N4O2S/c27-17-12-6-7-13-18(17)29-22-23-20-19(16-11-5-2-8-14-25(16)22)21(28)26(24-20)15-9-3-1-4-10-15/h1,3-4,9-10,18H,2,5-8,11-14H2. The van der Waals surface area contributed by atoms with E-state index in [0.717, 1.165) is 68.0 Å². The maximum Gasteiger partial charge on any atom is 0.284 e. The molecule has 0 radical (unpaired) electrons. The molecule has 1 saturated carbocycles. The molecule has 6 nitrogen and oxygen atoms in total. The first-order chi connectivity index (χ1) is 14.2. The topological polar surface area (TPSA) is 69.8 Å². The summed E-state index contributed by atoms with van der Waals surface area (Å²) in [6.07, 6.45) is 7.77. The van der Waals surface area contributed by atoms with Crippen LogP contribution in [0.1, 0.15) is 50.6 Å². The molecule has 3 aliphatic heterocycles. The summed E-state index contributed by atoms with van der Waals surface area (Å²) < 4.78 is 3.66. The fourth-order valence-corrected chi connectivity index (χ4v) is 5.65. The van der Waals surface area contributed by atoms with Crippen LogP contribution >= 0.6 is 11.8 Å². The second-order valence-corrected chi connectivity index (χ2v) is 9.04. The van der Waals surface area contributed by atoms with Gasteiger partial charge in [-0.2, -0.15) is 4.68 Å². The summed E-state index contributed by atoms with van der Waals surface area (Å²) in [4.78, 5) is 30.5. The number of hydrogen-bond donors (Lipinski definition) is 0. The number of carbonyl (C=O) groups is 1. The number of thioether (sulfide) groups is 1. The number of nitrogens with zero attached hydrogens (tertiary/aromatic N) is 4. The van der Waals surface area contributed by atoms with E-state index >= 15 is 0 Å². The Morgan fingerprint density at radius 1 is 0.966 bits per heavy atom. The molecule has 1 fully saturated rings. The second-order valence-electron chi connectivity index (χ2n) is 7.87. The van der Waals surface area contributed by atoms with Crippen molar-refractivity contribution in [2.45, 2.75) is 68.3 Å². The number of carbonyl (C=O) groups excluding carboxylic acids is 1. The smallest absolute Gasteiger partial charge is 0.284 e. The normalized spacial score (nSPS) is 19.9. The highest BCUT2D eigenvalue weighted by atomic mass is 32.2. The number of Topliss-reactive ketones (excluding diaryl/α,β-unsaturated/α-hetero) is 1. The molecule has 5 rings (SSSR count). The van der Waals surface area contributed by atoms with E-state index in [4.69, 9.17) is 4.98 Å². The van der Waals surface area contributed by atoms with E-state index < -0.39 is 0 Å². The summed E-state index contributed by atoms with van der Waals surface area (Å²) in [5.74, 6) is 0.822. The highest BCUT2D eigenvalue weighted by Gasteiger charge is 2.30. The van der Waals surface area contributed by atoms with Gasteiger partial charge in [0.25, 0.3) is 5.56 Å². The van der Waals surface area contributed by atoms with Crippen LogP contribution in [0.3, 0.4) is 0 Å². The molecule has 0 bridgehead atoms. The molecule has 1 aromatic carbocycles. The molecule has 3 heterocycles. The number of fused-ring (bicyclic) bond motifs is 3. The quantitative estimate of drug-likeness (QED) is 0.616. The van der Waals surface area contributed by atoms with Crippen molar-refractivity contribution in [2.75, 3.05) is 0 Å². The molecular formula is C22H24N4O2S. The monoisotopic (exact) mass is 408 g/mol. The summed E-state index contributed by atoms with van der Waals surface area (Å²) in [6, 6.07) is 9.50. The zero-order chi connectivity index (χ0) is 19.8. The first-order valence-corrected chi connectivity index (χ1v) is 11.4. The van der Waals surface area contributed by atoms with Crippen molar-refractivity contribution in [1.82, 2.24) is 19.3 Å². The molecule has 4 aliphatic rings. The Hall–Kier alpha value is -2.41. The minimum absolute atomic E-state index is 0.0310. The number of aromatic nitrogens is 4. The molecular weight excluding hydrogens is 384 g/mol. The lowest BCUT2D eigenvalue weighted by atomic mass is 9.99. The van der Waals surface area contributed by atoms with Crippen LogP contribution in [-0.2, 0) is 17.8 Å². The van der Waals surface area contributed by atoms with Crippen molar-refractivity contribution < 1.29 is 4.79 Å². The van der Waals surface area contributed by atoms with Gasteiger partial charge < -0.3 is 4.57 Å². The lowest BCUT2D eigenvalue weighted by Crippen LogP contribution is -2.24. The Morgan fingerprint density at radius 3 is 2.62 bits per heavy atom. The van der Waals surface area contributed by atoms with Crippen molar-refractivity contribution in [2.24, 2.45) is 0 Å². The molecule has 0 aromatic heterocycles. The third kappa shape index (κ3) is 3.41. The molecule has 1 unspecified atom stereocenters. The van der Waals surface area contributed by atoms with Crippen LogP contribution in [0, 0.1) is 0 Å². The summed E-state index contributed by atoms with van der Waals surface area (Å²) in [5.41, 5.74) is 2.31. The SMILES string of the molecule is O=C1CCCCC1Sc1nc2nn(-c3ccccc3)c(=O)c-2c2n1CCCCC2. The first-order valence-electron chi connectivity index (χ1n) is 10.5. The Bertz CT molecular complexity index is 1070. The summed E-state index contributed by atoms with van der Waals surface area (Å²) in [6.45, 7) is 0.845. The predicted octanol–water partition coefficient (Wildman–Crippen LogP) is 3.86. The van der Waals surface area contributed by atoms with E-state index in [0.29, 0.717) is 23.6 Å². The maximum atomic E-state index is 13.3. The first kappa shape index (κ1) is 18.6. The van der Waals surface area contributed by atoms with Crippen molar-refractivity contribution >= 4 is 17.5 Å². The van der Waals surface area contributed by atoms with Crippen LogP contribution in [0.4, 0.5) is 0 Å². The van der Waals surface area contributed by atoms with Gasteiger partial charge >= 0.3 is 0 Å². The third-order valence-electron chi connectivity index (χ3n) is 5.91. The lowest BCUT2D eigenvalue weighted by Gasteiger charge is -2.23. The van der Waals surface area contributed by atoms with Gasteiger partial charge in [0.2, 0.25) is 0 Å². The van der Waals surface area contributed by atoms with Gasteiger partial charge in [0.05, 0.1) is 10.9 Å². The summed E-state index contributed by atoms with van der Waals surface area (Å²) >= 11 is 1.57. The van der Waals surface area contributed by atoms with Gasteiger partial charge in [-0.25, -0.2) is 4.98 Å². The highest BCUT2D eigenvalue weighted by Crippen LogP contribution is 2.35. The Labute approximate surface area is 173 Å². The van der Waals surface area contributed by atoms with E-state index in [1.165, 1.54) is 4.68 Å². The Balaban J connectivity index is 1.66. The second kappa shape index (κ2) is 7.78. The molecule has 1 aromatic rings. The maximum absolute atomic E-state index is 13.3. The molecule has 0 saturated heterocycles. The predicted molar refractivity (Wildman–Crippen MR) is 113 cm³/mol. The van der Waals surface area contributed by atoms with Gasteiger partial charge in [0.15, 0.2) is 11.0 Å². The largest absolute Gasteiger partial charge is 0.324 e. The van der Waals surface area contributed by atoms with Crippen LogP contribution in [0.5, 0.6) is 0 Å². The fraction of sp³-hybridized carbons (Fsp3) is 0.455. The van der Waals surface area contributed by atoms with Crippen molar-refractivity contribution in [3.63, 3.8) is 0 Å². The minimum Gasteiger partial charge on any atom is -0.324 e. The van der Waals surface area contributed by atoms with E-state index in [-0.39, 0.29) is 10.8 Å². The van der Waals surface area contributed by atoms with Crippen LogP contribution in [0.25, 0.3) is 17.1 Å². The van der Waals surface area contributed by atoms with Gasteiger partial charge in [0, 0.05) is 18.7 Å². The minimum atomic E-state index is -0.102.